The number of urea groups is 1. The number of hydrogen-bond acceptors (Lipinski definition) is 6. The number of anilines is 1. The Morgan fingerprint density at radius 1 is 1.07 bits per heavy atom. The van der Waals surface area contributed by atoms with Crippen molar-refractivity contribution in [1.82, 2.24) is 20.1 Å². The molecule has 4 aromatic rings. The van der Waals surface area contributed by atoms with Crippen molar-refractivity contribution in [3.63, 3.8) is 0 Å². The molecular weight excluding hydrogens is 605 g/mol. The minimum absolute atomic E-state index is 0.265. The van der Waals surface area contributed by atoms with Gasteiger partial charge in [-0.25, -0.2) is 14.5 Å². The van der Waals surface area contributed by atoms with Crippen molar-refractivity contribution in [3.05, 3.63) is 89.9 Å². The number of allylic oxidation sites excluding steroid dienone is 1. The Labute approximate surface area is 262 Å². The molecule has 5 rings (SSSR count). The van der Waals surface area contributed by atoms with Crippen LogP contribution in [0.2, 0.25) is 0 Å². The van der Waals surface area contributed by atoms with Crippen LogP contribution in [0.3, 0.4) is 0 Å². The average molecular weight is 637 g/mol. The molecule has 13 heteroatoms. The Morgan fingerprint density at radius 2 is 1.78 bits per heavy atom. The van der Waals surface area contributed by atoms with E-state index in [0.29, 0.717) is 22.4 Å². The van der Waals surface area contributed by atoms with Crippen molar-refractivity contribution in [3.8, 4) is 28.6 Å². The van der Waals surface area contributed by atoms with Gasteiger partial charge in [0.05, 0.1) is 12.8 Å². The summed E-state index contributed by atoms with van der Waals surface area (Å²) >= 11 is 1.54. The number of carbonyl (C=O) groups excluding carboxylic acids is 1. The zero-order valence-electron chi connectivity index (χ0n) is 25.0. The highest BCUT2D eigenvalue weighted by atomic mass is 32.2. The molecule has 0 radical (unpaired) electrons. The predicted molar refractivity (Wildman–Crippen MR) is 170 cm³/mol. The van der Waals surface area contributed by atoms with Gasteiger partial charge in [0.1, 0.15) is 17.8 Å². The van der Waals surface area contributed by atoms with Crippen LogP contribution < -0.4 is 19.7 Å². The lowest BCUT2D eigenvalue weighted by molar-refractivity contribution is -0.274. The summed E-state index contributed by atoms with van der Waals surface area (Å²) < 4.78 is 48.0. The molecule has 9 nitrogen and oxygen atoms in total. The van der Waals surface area contributed by atoms with Crippen LogP contribution in [0.1, 0.15) is 37.8 Å². The summed E-state index contributed by atoms with van der Waals surface area (Å²) in [6.45, 7) is 6.79. The summed E-state index contributed by atoms with van der Waals surface area (Å²) in [5.41, 5.74) is 4.89. The third-order valence-corrected chi connectivity index (χ3v) is 7.76. The first kappa shape index (κ1) is 31.6. The number of benzene rings is 3. The number of rotatable bonds is 8. The minimum Gasteiger partial charge on any atom is -0.497 e. The zero-order valence-corrected chi connectivity index (χ0v) is 25.8. The zero-order chi connectivity index (χ0) is 32.1. The van der Waals surface area contributed by atoms with E-state index in [4.69, 9.17) is 4.74 Å². The molecule has 1 saturated heterocycles. The number of aliphatic imine (C=N–C) groups is 1. The van der Waals surface area contributed by atoms with Gasteiger partial charge in [0.2, 0.25) is 0 Å². The fraction of sp³-hybridized carbons (Fsp3) is 0.250. The summed E-state index contributed by atoms with van der Waals surface area (Å²) in [7, 11) is 1.65. The maximum absolute atomic E-state index is 12.9. The smallest absolute Gasteiger partial charge is 0.497 e. The van der Waals surface area contributed by atoms with E-state index in [1.54, 1.807) is 25.8 Å². The van der Waals surface area contributed by atoms with Crippen LogP contribution in [0.5, 0.6) is 11.5 Å². The van der Waals surface area contributed by atoms with Gasteiger partial charge in [-0.05, 0) is 72.5 Å². The van der Waals surface area contributed by atoms with E-state index < -0.39 is 12.4 Å². The van der Waals surface area contributed by atoms with E-state index in [1.807, 2.05) is 48.5 Å². The normalized spacial score (nSPS) is 14.7. The van der Waals surface area contributed by atoms with Crippen LogP contribution in [-0.4, -0.2) is 51.7 Å². The van der Waals surface area contributed by atoms with E-state index in [-0.39, 0.29) is 11.7 Å². The summed E-state index contributed by atoms with van der Waals surface area (Å²) in [6, 6.07) is 18.3. The van der Waals surface area contributed by atoms with Gasteiger partial charge in [-0.2, -0.15) is 4.99 Å². The van der Waals surface area contributed by atoms with Crippen molar-refractivity contribution in [2.24, 2.45) is 4.99 Å². The number of carbonyl (C=O) groups is 1. The second-order valence-corrected chi connectivity index (χ2v) is 11.5. The van der Waals surface area contributed by atoms with Crippen molar-refractivity contribution in [2.45, 2.75) is 33.1 Å². The molecule has 1 aliphatic rings. The number of methoxy groups -OCH3 is 1. The summed E-state index contributed by atoms with van der Waals surface area (Å²) in [5, 5.41) is 7.92. The molecule has 0 bridgehead atoms. The van der Waals surface area contributed by atoms with Crippen molar-refractivity contribution < 1.29 is 27.4 Å². The van der Waals surface area contributed by atoms with Gasteiger partial charge in [-0.1, -0.05) is 49.9 Å². The van der Waals surface area contributed by atoms with Crippen LogP contribution in [0, 0.1) is 0 Å². The number of alkyl halides is 3. The SMILES string of the molecule is COc1ccc(N2CCSC2=NC(=O)N/C(C)=C/c2ccc(-c3ncn(-c4ccc(OC(F)(F)F)cc4)n3)cc2)c(C(C)C)c1. The number of aromatic nitrogens is 3. The monoisotopic (exact) mass is 636 g/mol. The van der Waals surface area contributed by atoms with Gasteiger partial charge >= 0.3 is 12.4 Å². The molecule has 234 valence electrons. The largest absolute Gasteiger partial charge is 0.573 e. The van der Waals surface area contributed by atoms with Gasteiger partial charge in [-0.3, -0.25) is 0 Å². The Kier molecular flexibility index (Phi) is 9.47. The van der Waals surface area contributed by atoms with Gasteiger partial charge in [-0.15, -0.1) is 18.3 Å². The fourth-order valence-corrected chi connectivity index (χ4v) is 5.65. The van der Waals surface area contributed by atoms with E-state index in [2.05, 4.69) is 43.9 Å². The highest BCUT2D eigenvalue weighted by molar-refractivity contribution is 8.14. The molecule has 2 amide bonds. The van der Waals surface area contributed by atoms with Crippen LogP contribution in [0.25, 0.3) is 23.2 Å². The number of amides is 2. The second-order valence-electron chi connectivity index (χ2n) is 10.4. The maximum atomic E-state index is 12.9. The molecule has 1 fully saturated rings. The second kappa shape index (κ2) is 13.5. The van der Waals surface area contributed by atoms with Gasteiger partial charge < -0.3 is 19.7 Å². The summed E-state index contributed by atoms with van der Waals surface area (Å²) in [4.78, 5) is 23.6. The first-order valence-corrected chi connectivity index (χ1v) is 15.0. The first-order valence-electron chi connectivity index (χ1n) is 14.0. The lowest BCUT2D eigenvalue weighted by Gasteiger charge is -2.23. The molecular formula is C32H31F3N6O3S. The minimum atomic E-state index is -4.76. The van der Waals surface area contributed by atoms with Crippen molar-refractivity contribution in [1.29, 1.82) is 0 Å². The van der Waals surface area contributed by atoms with E-state index >= 15 is 0 Å². The third kappa shape index (κ3) is 8.04. The van der Waals surface area contributed by atoms with E-state index in [0.717, 1.165) is 40.4 Å². The number of amidine groups is 1. The molecule has 2 heterocycles. The molecule has 1 N–H and O–H groups in total. The quantitative estimate of drug-likeness (QED) is 0.212. The highest BCUT2D eigenvalue weighted by Gasteiger charge is 2.31. The van der Waals surface area contributed by atoms with Crippen LogP contribution >= 0.6 is 11.8 Å². The number of ether oxygens (including phenoxy) is 2. The number of nitrogens with zero attached hydrogens (tertiary/aromatic N) is 5. The maximum Gasteiger partial charge on any atom is 0.573 e. The fourth-order valence-electron chi connectivity index (χ4n) is 4.70. The Balaban J connectivity index is 1.23. The highest BCUT2D eigenvalue weighted by Crippen LogP contribution is 2.35. The molecule has 1 aromatic heterocycles. The Bertz CT molecular complexity index is 1720. The van der Waals surface area contributed by atoms with E-state index in [9.17, 15) is 18.0 Å². The van der Waals surface area contributed by atoms with Crippen LogP contribution in [0.15, 0.2) is 83.7 Å². The lowest BCUT2D eigenvalue weighted by Crippen LogP contribution is -2.28. The molecule has 0 aliphatic carbocycles. The molecule has 3 aromatic carbocycles. The van der Waals surface area contributed by atoms with Gasteiger partial charge in [0.25, 0.3) is 0 Å². The first-order chi connectivity index (χ1) is 21.5. The van der Waals surface area contributed by atoms with Crippen LogP contribution in [-0.2, 0) is 0 Å². The average Bonchev–Trinajstić information content (AvgIpc) is 3.67. The van der Waals surface area contributed by atoms with Gasteiger partial charge in [0, 0.05) is 29.2 Å². The molecule has 0 atom stereocenters. The topological polar surface area (TPSA) is 93.9 Å². The van der Waals surface area contributed by atoms with Crippen molar-refractivity contribution >= 4 is 34.7 Å². The number of thioether (sulfide) groups is 1. The molecule has 45 heavy (non-hydrogen) atoms. The number of nitrogens with one attached hydrogen (secondary N) is 1. The summed E-state index contributed by atoms with van der Waals surface area (Å²) in [5.74, 6) is 2.01. The molecule has 0 spiro atoms. The Morgan fingerprint density at radius 3 is 2.44 bits per heavy atom. The lowest BCUT2D eigenvalue weighted by atomic mass is 10.00. The Hall–Kier alpha value is -4.78. The van der Waals surface area contributed by atoms with Crippen LogP contribution in [0.4, 0.5) is 23.7 Å². The number of halogens is 3. The molecule has 1 aliphatic heterocycles. The third-order valence-electron chi connectivity index (χ3n) is 6.80. The van der Waals surface area contributed by atoms with E-state index in [1.165, 1.54) is 35.3 Å². The van der Waals surface area contributed by atoms with Gasteiger partial charge in [0.15, 0.2) is 11.0 Å². The number of hydrogen-bond donors (Lipinski definition) is 1. The predicted octanol–water partition coefficient (Wildman–Crippen LogP) is 7.64. The van der Waals surface area contributed by atoms with Crippen molar-refractivity contribution in [2.75, 3.05) is 24.3 Å². The summed E-state index contributed by atoms with van der Waals surface area (Å²) in [6.07, 6.45) is -1.45. The molecule has 0 unspecified atom stereocenters. The standard InChI is InChI=1S/C32H31F3N6O3S/c1-20(2)27-18-26(43-4)13-14-28(27)40-15-16-45-31(40)38-30(42)37-21(3)17-22-5-7-23(8-6-22)29-36-19-41(39-29)24-9-11-25(12-10-24)44-32(33,34)35/h5-14,17-20H,15-16H2,1-4H3,(H,37,42)/b21-17+,38-31?. The molecule has 0 saturated carbocycles.